The molecular weight excluding hydrogens is 217 g/mol. The Morgan fingerprint density at radius 3 is 1.62 bits per heavy atom. The molecule has 0 aliphatic carbocycles. The number of hydrogen-bond donors (Lipinski definition) is 0. The summed E-state index contributed by atoms with van der Waals surface area (Å²) in [5.74, 6) is 0. The Labute approximate surface area is 84.1 Å². The molecule has 1 aliphatic heterocycles. The quantitative estimate of drug-likeness (QED) is 0.506. The predicted octanol–water partition coefficient (Wildman–Crippen LogP) is 1.32. The summed E-state index contributed by atoms with van der Waals surface area (Å²) in [6, 6.07) is 17.6. The Bertz CT molecular complexity index is 417. The molecule has 0 spiro atoms. The van der Waals surface area contributed by atoms with Gasteiger partial charge in [0.05, 0.1) is 0 Å². The standard InChI is InChI=1S/C12H8Ge/c1-3-7-11-9(5-1)10-6-2-4-8-12(10)13-11/h1-8H. The molecule has 1 heteroatoms. The van der Waals surface area contributed by atoms with Gasteiger partial charge in [-0.25, -0.2) is 0 Å². The van der Waals surface area contributed by atoms with E-state index >= 15 is 0 Å². The van der Waals surface area contributed by atoms with Gasteiger partial charge in [0, 0.05) is 0 Å². The molecule has 0 fully saturated rings. The van der Waals surface area contributed by atoms with E-state index in [1.54, 1.807) is 8.79 Å². The summed E-state index contributed by atoms with van der Waals surface area (Å²) in [5, 5.41) is 0. The monoisotopic (exact) mass is 226 g/mol. The van der Waals surface area contributed by atoms with Gasteiger partial charge in [-0.05, 0) is 0 Å². The molecule has 0 amide bonds. The van der Waals surface area contributed by atoms with Crippen LogP contribution in [0.1, 0.15) is 0 Å². The van der Waals surface area contributed by atoms with Gasteiger partial charge >= 0.3 is 83.9 Å². The van der Waals surface area contributed by atoms with Crippen LogP contribution >= 0.6 is 0 Å². The third-order valence-corrected chi connectivity index (χ3v) is 5.37. The molecule has 0 atom stereocenters. The van der Waals surface area contributed by atoms with E-state index in [2.05, 4.69) is 48.5 Å². The molecule has 0 N–H and O–H groups in total. The summed E-state index contributed by atoms with van der Waals surface area (Å²) in [7, 11) is 0. The summed E-state index contributed by atoms with van der Waals surface area (Å²) < 4.78 is 3.17. The maximum atomic E-state index is 2.27. The van der Waals surface area contributed by atoms with Gasteiger partial charge in [0.1, 0.15) is 0 Å². The molecule has 0 nitrogen and oxygen atoms in total. The maximum absolute atomic E-state index is 2.27. The summed E-state index contributed by atoms with van der Waals surface area (Å²) in [4.78, 5) is 0. The average Bonchev–Trinajstić information content (AvgIpc) is 2.56. The fraction of sp³-hybridized carbons (Fsp3) is 0. The molecule has 2 radical (unpaired) electrons. The van der Waals surface area contributed by atoms with Crippen LogP contribution in [-0.2, 0) is 0 Å². The summed E-state index contributed by atoms with van der Waals surface area (Å²) in [6.07, 6.45) is 0. The molecule has 2 aromatic rings. The summed E-state index contributed by atoms with van der Waals surface area (Å²) in [5.41, 5.74) is 2.94. The molecule has 1 aliphatic rings. The van der Waals surface area contributed by atoms with Crippen LogP contribution in [0.15, 0.2) is 48.5 Å². The first kappa shape index (κ1) is 7.39. The zero-order valence-electron chi connectivity index (χ0n) is 7.12. The molecule has 13 heavy (non-hydrogen) atoms. The second-order valence-corrected chi connectivity index (χ2v) is 6.00. The number of fused-ring (bicyclic) bond motifs is 3. The normalized spacial score (nSPS) is 12.3. The molecule has 3 rings (SSSR count). The third-order valence-electron chi connectivity index (χ3n) is 2.41. The third kappa shape index (κ3) is 1.06. The average molecular weight is 225 g/mol. The van der Waals surface area contributed by atoms with E-state index in [1.807, 2.05) is 0 Å². The Morgan fingerprint density at radius 1 is 0.615 bits per heavy atom. The van der Waals surface area contributed by atoms with Gasteiger partial charge in [0.25, 0.3) is 0 Å². The summed E-state index contributed by atoms with van der Waals surface area (Å²) >= 11 is -0.0337. The van der Waals surface area contributed by atoms with Crippen LogP contribution < -0.4 is 8.79 Å². The van der Waals surface area contributed by atoms with Crippen LogP contribution in [0.5, 0.6) is 0 Å². The fourth-order valence-electron chi connectivity index (χ4n) is 1.80. The van der Waals surface area contributed by atoms with E-state index < -0.39 is 0 Å². The van der Waals surface area contributed by atoms with E-state index in [4.69, 9.17) is 0 Å². The van der Waals surface area contributed by atoms with Gasteiger partial charge in [-0.1, -0.05) is 0 Å². The van der Waals surface area contributed by atoms with Gasteiger partial charge in [-0.3, -0.25) is 0 Å². The SMILES string of the molecule is c1ccc2[c](c1)[Ge][c]1ccccc1-2. The van der Waals surface area contributed by atoms with Crippen molar-refractivity contribution < 1.29 is 0 Å². The van der Waals surface area contributed by atoms with E-state index in [9.17, 15) is 0 Å². The van der Waals surface area contributed by atoms with Crippen molar-refractivity contribution in [1.29, 1.82) is 0 Å². The van der Waals surface area contributed by atoms with Crippen molar-refractivity contribution in [2.24, 2.45) is 0 Å². The van der Waals surface area contributed by atoms with Crippen molar-refractivity contribution in [3.05, 3.63) is 48.5 Å². The minimum absolute atomic E-state index is 0.0337. The van der Waals surface area contributed by atoms with Gasteiger partial charge in [0.15, 0.2) is 0 Å². The van der Waals surface area contributed by atoms with Gasteiger partial charge in [-0.15, -0.1) is 0 Å². The van der Waals surface area contributed by atoms with Crippen molar-refractivity contribution in [2.45, 2.75) is 0 Å². The number of hydrogen-bond acceptors (Lipinski definition) is 0. The Kier molecular flexibility index (Phi) is 1.56. The van der Waals surface area contributed by atoms with Crippen molar-refractivity contribution >= 4 is 24.2 Å². The van der Waals surface area contributed by atoms with Crippen LogP contribution in [-0.4, -0.2) is 15.4 Å². The van der Waals surface area contributed by atoms with Crippen LogP contribution in [0.4, 0.5) is 0 Å². The molecule has 2 aromatic carbocycles. The second-order valence-electron chi connectivity index (χ2n) is 3.22. The number of rotatable bonds is 0. The zero-order chi connectivity index (χ0) is 8.67. The van der Waals surface area contributed by atoms with Crippen molar-refractivity contribution in [2.75, 3.05) is 0 Å². The molecule has 0 bridgehead atoms. The second kappa shape index (κ2) is 2.74. The van der Waals surface area contributed by atoms with Gasteiger partial charge in [0.2, 0.25) is 0 Å². The molecular formula is C12H8Ge. The zero-order valence-corrected chi connectivity index (χ0v) is 9.22. The summed E-state index contributed by atoms with van der Waals surface area (Å²) in [6.45, 7) is 0. The molecule has 0 saturated carbocycles. The van der Waals surface area contributed by atoms with Crippen molar-refractivity contribution in [3.63, 3.8) is 0 Å². The first-order chi connectivity index (χ1) is 6.45. The van der Waals surface area contributed by atoms with E-state index in [0.717, 1.165) is 0 Å². The number of benzene rings is 2. The minimum atomic E-state index is -0.0337. The molecule has 0 aromatic heterocycles. The molecule has 60 valence electrons. The van der Waals surface area contributed by atoms with Crippen molar-refractivity contribution in [3.8, 4) is 11.1 Å². The van der Waals surface area contributed by atoms with Crippen LogP contribution in [0.2, 0.25) is 0 Å². The van der Waals surface area contributed by atoms with Crippen molar-refractivity contribution in [1.82, 2.24) is 0 Å². The van der Waals surface area contributed by atoms with E-state index in [0.29, 0.717) is 0 Å². The Hall–Kier alpha value is -1.02. The van der Waals surface area contributed by atoms with Gasteiger partial charge in [-0.2, -0.15) is 0 Å². The van der Waals surface area contributed by atoms with Gasteiger partial charge < -0.3 is 0 Å². The molecule has 0 saturated heterocycles. The van der Waals surface area contributed by atoms with Crippen LogP contribution in [0.25, 0.3) is 11.1 Å². The van der Waals surface area contributed by atoms with Crippen LogP contribution in [0, 0.1) is 0 Å². The first-order valence-electron chi connectivity index (χ1n) is 4.40. The Morgan fingerprint density at radius 2 is 1.08 bits per heavy atom. The van der Waals surface area contributed by atoms with E-state index in [1.165, 1.54) is 11.1 Å². The predicted molar refractivity (Wildman–Crippen MR) is 56.9 cm³/mol. The van der Waals surface area contributed by atoms with Crippen LogP contribution in [0.3, 0.4) is 0 Å². The molecule has 1 heterocycles. The fourth-order valence-corrected chi connectivity index (χ4v) is 4.64. The topological polar surface area (TPSA) is 0 Å². The van der Waals surface area contributed by atoms with E-state index in [-0.39, 0.29) is 15.4 Å². The Balaban J connectivity index is 2.32. The first-order valence-corrected chi connectivity index (χ1v) is 6.50. The molecule has 0 unspecified atom stereocenters.